The van der Waals surface area contributed by atoms with E-state index in [0.29, 0.717) is 28.8 Å². The third-order valence-electron chi connectivity index (χ3n) is 3.88. The summed E-state index contributed by atoms with van der Waals surface area (Å²) in [6.07, 6.45) is 1.92. The fraction of sp³-hybridized carbons (Fsp3) is 0.350. The van der Waals surface area contributed by atoms with Crippen LogP contribution in [0.1, 0.15) is 43.9 Å². The van der Waals surface area contributed by atoms with E-state index in [4.69, 9.17) is 23.2 Å². The predicted octanol–water partition coefficient (Wildman–Crippen LogP) is 5.83. The first-order chi connectivity index (χ1) is 11.5. The number of carbonyl (C=O) groups is 1. The maximum absolute atomic E-state index is 12.4. The van der Waals surface area contributed by atoms with Gasteiger partial charge in [-0.05, 0) is 42.0 Å². The molecule has 1 atom stereocenters. The van der Waals surface area contributed by atoms with E-state index in [2.05, 4.69) is 31.3 Å². The molecule has 1 N–H and O–H groups in total. The molecule has 2 aromatic carbocycles. The zero-order chi connectivity index (χ0) is 17.5. The number of hydrogen-bond acceptors (Lipinski definition) is 1. The molecule has 0 aromatic heterocycles. The van der Waals surface area contributed by atoms with Gasteiger partial charge in [-0.2, -0.15) is 0 Å². The van der Waals surface area contributed by atoms with Crippen LogP contribution in [0, 0.1) is 5.92 Å². The number of aryl methyl sites for hydroxylation is 1. The van der Waals surface area contributed by atoms with Crippen molar-refractivity contribution in [3.05, 3.63) is 69.7 Å². The molecule has 0 radical (unpaired) electrons. The van der Waals surface area contributed by atoms with Crippen molar-refractivity contribution >= 4 is 29.1 Å². The van der Waals surface area contributed by atoms with Gasteiger partial charge < -0.3 is 5.32 Å². The van der Waals surface area contributed by atoms with Gasteiger partial charge in [0, 0.05) is 16.5 Å². The van der Waals surface area contributed by atoms with E-state index in [1.165, 1.54) is 0 Å². The summed E-state index contributed by atoms with van der Waals surface area (Å²) in [6.45, 7) is 4.32. The number of rotatable bonds is 7. The quantitative estimate of drug-likeness (QED) is 0.658. The Balaban J connectivity index is 1.97. The maximum atomic E-state index is 12.4. The summed E-state index contributed by atoms with van der Waals surface area (Å²) in [5.74, 6) is 0.539. The van der Waals surface area contributed by atoms with E-state index in [0.717, 1.165) is 17.5 Å². The Morgan fingerprint density at radius 2 is 1.79 bits per heavy atom. The second-order valence-electron chi connectivity index (χ2n) is 6.40. The van der Waals surface area contributed by atoms with Crippen LogP contribution in [-0.4, -0.2) is 5.91 Å². The topological polar surface area (TPSA) is 29.1 Å². The van der Waals surface area contributed by atoms with Crippen LogP contribution >= 0.6 is 23.2 Å². The van der Waals surface area contributed by atoms with Crippen molar-refractivity contribution in [2.75, 3.05) is 0 Å². The van der Waals surface area contributed by atoms with Crippen molar-refractivity contribution < 1.29 is 4.79 Å². The van der Waals surface area contributed by atoms with Gasteiger partial charge in [0.1, 0.15) is 0 Å². The molecule has 4 heteroatoms. The molecule has 0 spiro atoms. The summed E-state index contributed by atoms with van der Waals surface area (Å²) >= 11 is 12.1. The molecule has 2 aromatic rings. The summed E-state index contributed by atoms with van der Waals surface area (Å²) in [4.78, 5) is 12.4. The SMILES string of the molecule is CC(C)C[C@H](NC(=O)CCc1ccc(Cl)cc1Cl)c1ccccc1. The molecule has 0 saturated heterocycles. The van der Waals surface area contributed by atoms with E-state index in [-0.39, 0.29) is 11.9 Å². The molecule has 0 saturated carbocycles. The second-order valence-corrected chi connectivity index (χ2v) is 7.24. The molecule has 2 nitrogen and oxygen atoms in total. The first-order valence-electron chi connectivity index (χ1n) is 8.24. The van der Waals surface area contributed by atoms with Crippen LogP contribution < -0.4 is 5.32 Å². The minimum absolute atomic E-state index is 0.0375. The molecule has 0 bridgehead atoms. The van der Waals surface area contributed by atoms with Gasteiger partial charge in [-0.3, -0.25) is 4.79 Å². The van der Waals surface area contributed by atoms with Crippen molar-refractivity contribution in [3.8, 4) is 0 Å². The third-order valence-corrected chi connectivity index (χ3v) is 4.47. The van der Waals surface area contributed by atoms with Gasteiger partial charge in [0.25, 0.3) is 0 Å². The summed E-state index contributed by atoms with van der Waals surface area (Å²) in [6, 6.07) is 15.5. The number of amides is 1. The molecule has 128 valence electrons. The fourth-order valence-electron chi connectivity index (χ4n) is 2.67. The Bertz CT molecular complexity index is 671. The Kier molecular flexibility index (Phi) is 7.14. The second kappa shape index (κ2) is 9.10. The Morgan fingerprint density at radius 1 is 1.08 bits per heavy atom. The van der Waals surface area contributed by atoms with Crippen molar-refractivity contribution in [1.82, 2.24) is 5.32 Å². The Hall–Kier alpha value is -1.51. The van der Waals surface area contributed by atoms with Gasteiger partial charge in [0.2, 0.25) is 5.91 Å². The van der Waals surface area contributed by atoms with Gasteiger partial charge in [-0.25, -0.2) is 0 Å². The average molecular weight is 364 g/mol. The highest BCUT2D eigenvalue weighted by Gasteiger charge is 2.16. The zero-order valence-electron chi connectivity index (χ0n) is 14.1. The smallest absolute Gasteiger partial charge is 0.220 e. The van der Waals surface area contributed by atoms with Crippen molar-refractivity contribution in [3.63, 3.8) is 0 Å². The number of benzene rings is 2. The lowest BCUT2D eigenvalue weighted by atomic mass is 9.96. The van der Waals surface area contributed by atoms with Crippen molar-refractivity contribution in [2.24, 2.45) is 5.92 Å². The molecule has 1 amide bonds. The third kappa shape index (κ3) is 5.85. The number of nitrogens with one attached hydrogen (secondary N) is 1. The summed E-state index contributed by atoms with van der Waals surface area (Å²) in [7, 11) is 0. The predicted molar refractivity (Wildman–Crippen MR) is 102 cm³/mol. The van der Waals surface area contributed by atoms with Gasteiger partial charge >= 0.3 is 0 Å². The molecule has 0 aliphatic carbocycles. The molecule has 2 rings (SSSR count). The van der Waals surface area contributed by atoms with Gasteiger partial charge in [-0.1, -0.05) is 73.4 Å². The van der Waals surface area contributed by atoms with Gasteiger partial charge in [0.05, 0.1) is 6.04 Å². The monoisotopic (exact) mass is 363 g/mol. The summed E-state index contributed by atoms with van der Waals surface area (Å²) in [5, 5.41) is 4.37. The van der Waals surface area contributed by atoms with E-state index in [1.807, 2.05) is 24.3 Å². The summed E-state index contributed by atoms with van der Waals surface area (Å²) in [5.41, 5.74) is 2.08. The minimum atomic E-state index is 0.0375. The number of halogens is 2. The van der Waals surface area contributed by atoms with Crippen LogP contribution in [0.2, 0.25) is 10.0 Å². The van der Waals surface area contributed by atoms with E-state index in [9.17, 15) is 4.79 Å². The first kappa shape index (κ1) is 18.8. The highest BCUT2D eigenvalue weighted by Crippen LogP contribution is 2.23. The van der Waals surface area contributed by atoms with Crippen LogP contribution in [0.25, 0.3) is 0 Å². The number of carbonyl (C=O) groups excluding carboxylic acids is 1. The zero-order valence-corrected chi connectivity index (χ0v) is 15.6. The largest absolute Gasteiger partial charge is 0.349 e. The van der Waals surface area contributed by atoms with E-state index >= 15 is 0 Å². The van der Waals surface area contributed by atoms with Crippen molar-refractivity contribution in [2.45, 2.75) is 39.2 Å². The highest BCUT2D eigenvalue weighted by molar-refractivity contribution is 6.35. The van der Waals surface area contributed by atoms with E-state index in [1.54, 1.807) is 12.1 Å². The standard InChI is InChI=1S/C20H23Cl2NO/c1-14(2)12-19(16-6-4-3-5-7-16)23-20(24)11-9-15-8-10-17(21)13-18(15)22/h3-8,10,13-14,19H,9,11-12H2,1-2H3,(H,23,24)/t19-/m0/s1. The molecular formula is C20H23Cl2NO. The fourth-order valence-corrected chi connectivity index (χ4v) is 3.18. The number of hydrogen-bond donors (Lipinski definition) is 1. The first-order valence-corrected chi connectivity index (χ1v) is 8.99. The lowest BCUT2D eigenvalue weighted by Crippen LogP contribution is -2.29. The van der Waals surface area contributed by atoms with Gasteiger partial charge in [0.15, 0.2) is 0 Å². The van der Waals surface area contributed by atoms with E-state index < -0.39 is 0 Å². The van der Waals surface area contributed by atoms with Crippen LogP contribution in [0.3, 0.4) is 0 Å². The Labute approximate surface area is 154 Å². The van der Waals surface area contributed by atoms with Crippen LogP contribution in [-0.2, 0) is 11.2 Å². The molecule has 0 fully saturated rings. The molecule has 0 unspecified atom stereocenters. The maximum Gasteiger partial charge on any atom is 0.220 e. The Morgan fingerprint density at radius 3 is 2.42 bits per heavy atom. The normalized spacial score (nSPS) is 12.2. The molecule has 24 heavy (non-hydrogen) atoms. The average Bonchev–Trinajstić information content (AvgIpc) is 2.54. The highest BCUT2D eigenvalue weighted by atomic mass is 35.5. The molecule has 0 aliphatic heterocycles. The van der Waals surface area contributed by atoms with Crippen LogP contribution in [0.5, 0.6) is 0 Å². The molecule has 0 aliphatic rings. The summed E-state index contributed by atoms with van der Waals surface area (Å²) < 4.78 is 0. The van der Waals surface area contributed by atoms with Crippen LogP contribution in [0.15, 0.2) is 48.5 Å². The molecular weight excluding hydrogens is 341 g/mol. The lowest BCUT2D eigenvalue weighted by molar-refractivity contribution is -0.121. The van der Waals surface area contributed by atoms with Crippen LogP contribution in [0.4, 0.5) is 0 Å². The minimum Gasteiger partial charge on any atom is -0.349 e. The lowest BCUT2D eigenvalue weighted by Gasteiger charge is -2.21. The van der Waals surface area contributed by atoms with Gasteiger partial charge in [-0.15, -0.1) is 0 Å². The van der Waals surface area contributed by atoms with Crippen molar-refractivity contribution in [1.29, 1.82) is 0 Å². The molecule has 0 heterocycles.